The number of aryl methyl sites for hydroxylation is 1. The van der Waals surface area contributed by atoms with Crippen LogP contribution >= 0.6 is 22.9 Å². The SMILES string of the molecule is CC/C=C(\c1ccc(F)cc1C)c1sc2cc(NC)ccc2c1Cl. The maximum Gasteiger partial charge on any atom is 0.123 e. The Labute approximate surface area is 150 Å². The Hall–Kier alpha value is -1.84. The number of benzene rings is 2. The zero-order valence-corrected chi connectivity index (χ0v) is 15.5. The number of hydrogen-bond acceptors (Lipinski definition) is 2. The van der Waals surface area contributed by atoms with Crippen LogP contribution in [0.1, 0.15) is 29.3 Å². The van der Waals surface area contributed by atoms with Gasteiger partial charge in [0.25, 0.3) is 0 Å². The van der Waals surface area contributed by atoms with E-state index in [0.717, 1.165) is 48.8 Å². The molecule has 24 heavy (non-hydrogen) atoms. The van der Waals surface area contributed by atoms with E-state index in [0.29, 0.717) is 0 Å². The maximum atomic E-state index is 13.5. The van der Waals surface area contributed by atoms with Gasteiger partial charge in [-0.2, -0.15) is 0 Å². The third-order valence-electron chi connectivity index (χ3n) is 4.05. The smallest absolute Gasteiger partial charge is 0.123 e. The first-order valence-electron chi connectivity index (χ1n) is 7.92. The molecule has 2 aromatic carbocycles. The molecule has 0 saturated heterocycles. The van der Waals surface area contributed by atoms with Crippen molar-refractivity contribution in [3.8, 4) is 0 Å². The van der Waals surface area contributed by atoms with Gasteiger partial charge in [-0.05, 0) is 60.4 Å². The summed E-state index contributed by atoms with van der Waals surface area (Å²) < 4.78 is 14.6. The van der Waals surface area contributed by atoms with Crippen LogP contribution in [0.5, 0.6) is 0 Å². The van der Waals surface area contributed by atoms with Crippen LogP contribution in [-0.2, 0) is 0 Å². The molecule has 0 radical (unpaired) electrons. The van der Waals surface area contributed by atoms with Gasteiger partial charge in [-0.1, -0.05) is 30.7 Å². The molecule has 124 valence electrons. The minimum atomic E-state index is -0.215. The highest BCUT2D eigenvalue weighted by atomic mass is 35.5. The molecular weight excluding hydrogens is 341 g/mol. The molecule has 0 amide bonds. The normalized spacial score (nSPS) is 12.0. The van der Waals surface area contributed by atoms with Gasteiger partial charge in [0.2, 0.25) is 0 Å². The van der Waals surface area contributed by atoms with Crippen LogP contribution in [0, 0.1) is 12.7 Å². The van der Waals surface area contributed by atoms with Crippen molar-refractivity contribution in [3.05, 3.63) is 69.3 Å². The van der Waals surface area contributed by atoms with Gasteiger partial charge >= 0.3 is 0 Å². The number of halogens is 2. The van der Waals surface area contributed by atoms with Gasteiger partial charge in [-0.25, -0.2) is 4.39 Å². The molecule has 0 unspecified atom stereocenters. The first-order chi connectivity index (χ1) is 11.5. The van der Waals surface area contributed by atoms with Crippen LogP contribution < -0.4 is 5.32 Å². The van der Waals surface area contributed by atoms with E-state index in [1.165, 1.54) is 6.07 Å². The molecular formula is C20H19ClFNS. The monoisotopic (exact) mass is 359 g/mol. The van der Waals surface area contributed by atoms with Crippen LogP contribution in [0.15, 0.2) is 42.5 Å². The van der Waals surface area contributed by atoms with Gasteiger partial charge in [0.05, 0.1) is 9.90 Å². The van der Waals surface area contributed by atoms with E-state index in [1.807, 2.05) is 32.2 Å². The second-order valence-electron chi connectivity index (χ2n) is 5.69. The molecule has 3 rings (SSSR count). The Morgan fingerprint density at radius 1 is 1.25 bits per heavy atom. The Balaban J connectivity index is 2.21. The number of thiophene rings is 1. The fourth-order valence-corrected chi connectivity index (χ4v) is 4.48. The molecule has 0 saturated carbocycles. The molecule has 0 aliphatic heterocycles. The van der Waals surface area contributed by atoms with Crippen molar-refractivity contribution in [2.45, 2.75) is 20.3 Å². The minimum Gasteiger partial charge on any atom is -0.388 e. The number of allylic oxidation sites excluding steroid dienone is 1. The Morgan fingerprint density at radius 3 is 2.71 bits per heavy atom. The number of anilines is 1. The summed E-state index contributed by atoms with van der Waals surface area (Å²) in [6, 6.07) is 11.1. The number of nitrogens with one attached hydrogen (secondary N) is 1. The molecule has 1 aromatic heterocycles. The number of hydrogen-bond donors (Lipinski definition) is 1. The molecule has 4 heteroatoms. The predicted molar refractivity (Wildman–Crippen MR) is 105 cm³/mol. The first-order valence-corrected chi connectivity index (χ1v) is 9.11. The zero-order valence-electron chi connectivity index (χ0n) is 13.9. The van der Waals surface area contributed by atoms with E-state index in [2.05, 4.69) is 24.4 Å². The Morgan fingerprint density at radius 2 is 2.04 bits per heavy atom. The summed E-state index contributed by atoms with van der Waals surface area (Å²) in [6.45, 7) is 4.03. The maximum absolute atomic E-state index is 13.5. The Kier molecular flexibility index (Phi) is 4.93. The second-order valence-corrected chi connectivity index (χ2v) is 7.12. The van der Waals surface area contributed by atoms with Gasteiger partial charge < -0.3 is 5.32 Å². The Bertz CT molecular complexity index is 927. The van der Waals surface area contributed by atoms with Crippen LogP contribution in [0.4, 0.5) is 10.1 Å². The average Bonchev–Trinajstić information content (AvgIpc) is 2.89. The minimum absolute atomic E-state index is 0.215. The van der Waals surface area contributed by atoms with Crippen molar-refractivity contribution < 1.29 is 4.39 Å². The van der Waals surface area contributed by atoms with Crippen molar-refractivity contribution >= 4 is 44.3 Å². The van der Waals surface area contributed by atoms with Gasteiger partial charge in [0.1, 0.15) is 5.82 Å². The van der Waals surface area contributed by atoms with Crippen LogP contribution in [0.25, 0.3) is 15.7 Å². The van der Waals surface area contributed by atoms with Crippen molar-refractivity contribution in [2.75, 3.05) is 12.4 Å². The highest BCUT2D eigenvalue weighted by Crippen LogP contribution is 2.43. The van der Waals surface area contributed by atoms with E-state index in [9.17, 15) is 4.39 Å². The van der Waals surface area contributed by atoms with E-state index in [-0.39, 0.29) is 5.82 Å². The van der Waals surface area contributed by atoms with Crippen LogP contribution in [-0.4, -0.2) is 7.05 Å². The molecule has 1 heterocycles. The molecule has 1 nitrogen and oxygen atoms in total. The summed E-state index contributed by atoms with van der Waals surface area (Å²) in [5.41, 5.74) is 4.08. The summed E-state index contributed by atoms with van der Waals surface area (Å²) >= 11 is 8.37. The van der Waals surface area contributed by atoms with E-state index in [1.54, 1.807) is 17.4 Å². The first kappa shape index (κ1) is 17.0. The summed E-state index contributed by atoms with van der Waals surface area (Å²) in [7, 11) is 1.90. The lowest BCUT2D eigenvalue weighted by Gasteiger charge is -2.10. The van der Waals surface area contributed by atoms with Crippen molar-refractivity contribution in [1.82, 2.24) is 0 Å². The van der Waals surface area contributed by atoms with Gasteiger partial charge in [-0.15, -0.1) is 11.3 Å². The van der Waals surface area contributed by atoms with Crippen molar-refractivity contribution in [1.29, 1.82) is 0 Å². The highest BCUT2D eigenvalue weighted by Gasteiger charge is 2.17. The molecule has 0 atom stereocenters. The van der Waals surface area contributed by atoms with Gasteiger partial charge in [0, 0.05) is 22.8 Å². The fraction of sp³-hybridized carbons (Fsp3) is 0.200. The lowest BCUT2D eigenvalue weighted by Crippen LogP contribution is -1.91. The van der Waals surface area contributed by atoms with Crippen molar-refractivity contribution in [2.24, 2.45) is 0 Å². The third kappa shape index (κ3) is 3.06. The van der Waals surface area contributed by atoms with E-state index >= 15 is 0 Å². The molecule has 0 spiro atoms. The number of rotatable bonds is 4. The summed E-state index contributed by atoms with van der Waals surface area (Å²) in [5, 5.41) is 4.97. The van der Waals surface area contributed by atoms with Gasteiger partial charge in [-0.3, -0.25) is 0 Å². The molecule has 0 fully saturated rings. The predicted octanol–water partition coefficient (Wildman–Crippen LogP) is 6.89. The van der Waals surface area contributed by atoms with E-state index in [4.69, 9.17) is 11.6 Å². The summed E-state index contributed by atoms with van der Waals surface area (Å²) in [4.78, 5) is 1.04. The quantitative estimate of drug-likeness (QED) is 0.535. The topological polar surface area (TPSA) is 12.0 Å². The van der Waals surface area contributed by atoms with Gasteiger partial charge in [0.15, 0.2) is 0 Å². The van der Waals surface area contributed by atoms with E-state index < -0.39 is 0 Å². The molecule has 0 aliphatic rings. The average molecular weight is 360 g/mol. The molecule has 3 aromatic rings. The largest absolute Gasteiger partial charge is 0.388 e. The zero-order chi connectivity index (χ0) is 17.3. The van der Waals surface area contributed by atoms with Crippen LogP contribution in [0.2, 0.25) is 5.02 Å². The summed E-state index contributed by atoms with van der Waals surface area (Å²) in [5.74, 6) is -0.215. The lowest BCUT2D eigenvalue weighted by atomic mass is 9.98. The standard InChI is InChI=1S/C20H19ClFNS/c1-4-5-16(15-8-6-13(22)10-12(15)2)20-19(21)17-9-7-14(23-3)11-18(17)24-20/h5-11,23H,4H2,1-3H3/b16-5+. The lowest BCUT2D eigenvalue weighted by molar-refractivity contribution is 0.626. The van der Waals surface area contributed by atoms with Crippen LogP contribution in [0.3, 0.4) is 0 Å². The number of fused-ring (bicyclic) bond motifs is 1. The molecule has 1 N–H and O–H groups in total. The molecule has 0 aliphatic carbocycles. The summed E-state index contributed by atoms with van der Waals surface area (Å²) in [6.07, 6.45) is 3.05. The highest BCUT2D eigenvalue weighted by molar-refractivity contribution is 7.21. The third-order valence-corrected chi connectivity index (χ3v) is 5.74. The fourth-order valence-electron chi connectivity index (χ4n) is 2.85. The second kappa shape index (κ2) is 6.96. The molecule has 0 bridgehead atoms. The van der Waals surface area contributed by atoms with Crippen molar-refractivity contribution in [3.63, 3.8) is 0 Å².